The molecular weight excluding hydrogens is 845 g/mol. The number of aromatic amines is 1. The first-order valence-electron chi connectivity index (χ1n) is 19.8. The molecule has 0 bridgehead atoms. The highest BCUT2D eigenvalue weighted by atomic mass is 35.5. The van der Waals surface area contributed by atoms with E-state index in [2.05, 4.69) is 49.6 Å². The highest BCUT2D eigenvalue weighted by Crippen LogP contribution is 2.40. The first kappa shape index (κ1) is 40.9. The number of H-pyrrole nitrogens is 1. The number of aliphatic hydroxyl groups is 1. The van der Waals surface area contributed by atoms with Gasteiger partial charge in [-0.15, -0.1) is 21.5 Å². The number of carbonyl (C=O) groups excluding carboxylic acids is 2. The molecule has 4 N–H and O–H groups in total. The number of ether oxygens (including phenoxy) is 4. The van der Waals surface area contributed by atoms with Gasteiger partial charge < -0.3 is 39.7 Å². The lowest BCUT2D eigenvalue weighted by atomic mass is 9.99. The number of aromatic nitrogens is 6. The van der Waals surface area contributed by atoms with Gasteiger partial charge in [0.2, 0.25) is 11.8 Å². The fourth-order valence-corrected chi connectivity index (χ4v) is 9.30. The summed E-state index contributed by atoms with van der Waals surface area (Å²) < 4.78 is 25.1. The summed E-state index contributed by atoms with van der Waals surface area (Å²) in [5, 5.41) is 26.5. The Hall–Kier alpha value is -5.43. The van der Waals surface area contributed by atoms with Crippen molar-refractivity contribution in [2.24, 2.45) is 4.99 Å². The summed E-state index contributed by atoms with van der Waals surface area (Å²) in [4.78, 5) is 44.5. The number of benzene rings is 2. The summed E-state index contributed by atoms with van der Waals surface area (Å²) in [5.74, 6) is 1.40. The van der Waals surface area contributed by atoms with E-state index in [1.807, 2.05) is 47.9 Å². The fourth-order valence-electron chi connectivity index (χ4n) is 7.69. The van der Waals surface area contributed by atoms with Gasteiger partial charge in [0.15, 0.2) is 17.6 Å². The lowest BCUT2D eigenvalue weighted by molar-refractivity contribution is -0.122. The number of nitrogens with one attached hydrogen (secondary N) is 3. The van der Waals surface area contributed by atoms with Crippen LogP contribution in [0.3, 0.4) is 0 Å². The van der Waals surface area contributed by atoms with Crippen molar-refractivity contribution in [3.8, 4) is 28.0 Å². The lowest BCUT2D eigenvalue weighted by Crippen LogP contribution is -2.34. The molecule has 16 nitrogen and oxygen atoms in total. The number of hydrogen-bond donors (Lipinski definition) is 4. The number of halogens is 2. The molecule has 0 saturated carbocycles. The van der Waals surface area contributed by atoms with E-state index >= 15 is 0 Å². The van der Waals surface area contributed by atoms with Crippen LogP contribution in [0.1, 0.15) is 52.1 Å². The SMILES string of the molecule is Cc1sc2c(c1C)C(c1ccc(Cl)cc1)=N[C@@H](CC(=O)NCCC(=O)NCCOc1ccc(-c3nc4nc(O[C@@H]5CO[C@H]6[C@@H]5OC[C@H]6O)[nH]c4cc3Cl)cc1)c1nnc(C)n1-2. The Kier molecular flexibility index (Phi) is 11.5. The van der Waals surface area contributed by atoms with E-state index in [9.17, 15) is 14.7 Å². The molecule has 0 spiro atoms. The smallest absolute Gasteiger partial charge is 0.296 e. The maximum absolute atomic E-state index is 13.3. The van der Waals surface area contributed by atoms with Crippen molar-refractivity contribution in [3.05, 3.63) is 97.9 Å². The highest BCUT2D eigenvalue weighted by Gasteiger charge is 2.48. The minimum atomic E-state index is -0.675. The number of rotatable bonds is 13. The molecule has 5 atom stereocenters. The second-order valence-corrected chi connectivity index (χ2v) is 17.0. The summed E-state index contributed by atoms with van der Waals surface area (Å²) in [6.45, 7) is 7.18. The van der Waals surface area contributed by atoms with Crippen molar-refractivity contribution in [1.82, 2.24) is 40.3 Å². The standard InChI is InChI=1S/C42H41Cl2N9O7S/c1-20-21(2)61-41-34(20)36(24-4-8-25(43)9-5-24)47-29(40-52-51-22(3)53(40)41)17-33(56)45-13-12-32(55)46-14-15-57-26-10-6-23(7-11-26)35-27(44)16-28-39(49-35)50-42(48-28)60-31-19-59-37-30(54)18-58-38(31)37/h4-11,16,29-31,37-38,54H,12-15,17-19H2,1-3H3,(H,45,56)(H,46,55)(H,48,49,50)/t29-,30+,31+,37+,38+/m0/s1. The molecule has 9 rings (SSSR count). The Morgan fingerprint density at radius 1 is 0.951 bits per heavy atom. The van der Waals surface area contributed by atoms with Gasteiger partial charge in [-0.05, 0) is 68.8 Å². The molecule has 7 heterocycles. The number of amides is 2. The van der Waals surface area contributed by atoms with E-state index in [0.717, 1.165) is 37.8 Å². The number of carbonyl (C=O) groups is 2. The zero-order chi connectivity index (χ0) is 42.4. The van der Waals surface area contributed by atoms with E-state index in [1.165, 1.54) is 0 Å². The van der Waals surface area contributed by atoms with Crippen LogP contribution >= 0.6 is 34.5 Å². The third kappa shape index (κ3) is 8.33. The molecule has 61 heavy (non-hydrogen) atoms. The Morgan fingerprint density at radius 2 is 1.70 bits per heavy atom. The zero-order valence-corrected chi connectivity index (χ0v) is 35.6. The minimum absolute atomic E-state index is 0.0205. The maximum Gasteiger partial charge on any atom is 0.296 e. The number of thiophene rings is 1. The largest absolute Gasteiger partial charge is 0.492 e. The molecule has 4 aromatic heterocycles. The van der Waals surface area contributed by atoms with Crippen molar-refractivity contribution >= 4 is 63.2 Å². The quantitative estimate of drug-likeness (QED) is 0.109. The average Bonchev–Trinajstić information content (AvgIpc) is 4.06. The third-order valence-corrected chi connectivity index (χ3v) is 12.6. The van der Waals surface area contributed by atoms with E-state index in [1.54, 1.807) is 29.5 Å². The normalized spacial score (nSPS) is 20.4. The van der Waals surface area contributed by atoms with Crippen LogP contribution in [-0.2, 0) is 19.1 Å². The average molecular weight is 887 g/mol. The van der Waals surface area contributed by atoms with Crippen molar-refractivity contribution < 1.29 is 33.6 Å². The van der Waals surface area contributed by atoms with E-state index < -0.39 is 24.4 Å². The Labute approximate surface area is 363 Å². The molecular formula is C42H41Cl2N9O7S. The fraction of sp³-hybridized carbons (Fsp3) is 0.357. The van der Waals surface area contributed by atoms with Crippen LogP contribution in [0.15, 0.2) is 59.6 Å². The predicted molar refractivity (Wildman–Crippen MR) is 228 cm³/mol. The van der Waals surface area contributed by atoms with Crippen LogP contribution in [0.4, 0.5) is 0 Å². The van der Waals surface area contributed by atoms with Gasteiger partial charge in [-0.3, -0.25) is 19.1 Å². The van der Waals surface area contributed by atoms with Crippen LogP contribution in [0, 0.1) is 20.8 Å². The number of aliphatic imine (C=N–C) groups is 1. The second kappa shape index (κ2) is 17.1. The lowest BCUT2D eigenvalue weighted by Gasteiger charge is -2.15. The van der Waals surface area contributed by atoms with Gasteiger partial charge in [-0.1, -0.05) is 35.3 Å². The molecule has 0 unspecified atom stereocenters. The van der Waals surface area contributed by atoms with Gasteiger partial charge in [-0.2, -0.15) is 4.98 Å². The van der Waals surface area contributed by atoms with Crippen LogP contribution in [-0.4, -0.2) is 110 Å². The summed E-state index contributed by atoms with van der Waals surface area (Å²) >= 11 is 14.5. The number of nitrogens with zero attached hydrogens (tertiary/aromatic N) is 6. The molecule has 2 amide bonds. The number of aryl methyl sites for hydroxylation is 2. The minimum Gasteiger partial charge on any atom is -0.492 e. The first-order valence-corrected chi connectivity index (χ1v) is 21.3. The number of aliphatic hydroxyl groups excluding tert-OH is 1. The summed E-state index contributed by atoms with van der Waals surface area (Å²) in [5.41, 5.74) is 6.06. The molecule has 2 aromatic carbocycles. The molecule has 6 aromatic rings. The van der Waals surface area contributed by atoms with Crippen molar-refractivity contribution in [1.29, 1.82) is 0 Å². The third-order valence-electron chi connectivity index (χ3n) is 10.9. The van der Waals surface area contributed by atoms with Crippen LogP contribution in [0.5, 0.6) is 11.8 Å². The van der Waals surface area contributed by atoms with Gasteiger partial charge in [-0.25, -0.2) is 4.98 Å². The monoisotopic (exact) mass is 885 g/mol. The summed E-state index contributed by atoms with van der Waals surface area (Å²) in [7, 11) is 0. The van der Waals surface area contributed by atoms with Crippen molar-refractivity contribution in [2.75, 3.05) is 32.9 Å². The molecule has 2 saturated heterocycles. The van der Waals surface area contributed by atoms with Crippen molar-refractivity contribution in [3.63, 3.8) is 0 Å². The second-order valence-electron chi connectivity index (χ2n) is 15.0. The van der Waals surface area contributed by atoms with Crippen LogP contribution in [0.25, 0.3) is 27.4 Å². The van der Waals surface area contributed by atoms with E-state index in [-0.39, 0.29) is 69.7 Å². The summed E-state index contributed by atoms with van der Waals surface area (Å²) in [6.07, 6.45) is -1.77. The number of hydrogen-bond acceptors (Lipinski definition) is 13. The first-order chi connectivity index (χ1) is 29.5. The zero-order valence-electron chi connectivity index (χ0n) is 33.3. The molecule has 0 radical (unpaired) electrons. The Balaban J connectivity index is 0.750. The predicted octanol–water partition coefficient (Wildman–Crippen LogP) is 5.39. The molecule has 3 aliphatic heterocycles. The van der Waals surface area contributed by atoms with Gasteiger partial charge in [0.1, 0.15) is 47.5 Å². The van der Waals surface area contributed by atoms with Crippen LogP contribution in [0.2, 0.25) is 10.0 Å². The van der Waals surface area contributed by atoms with E-state index in [4.69, 9.17) is 47.1 Å². The topological polar surface area (TPSA) is 200 Å². The van der Waals surface area contributed by atoms with E-state index in [0.29, 0.717) is 44.3 Å². The van der Waals surface area contributed by atoms with Gasteiger partial charge in [0.05, 0.1) is 48.1 Å². The summed E-state index contributed by atoms with van der Waals surface area (Å²) in [6, 6.07) is 16.2. The van der Waals surface area contributed by atoms with Gasteiger partial charge in [0, 0.05) is 39.6 Å². The molecule has 0 aliphatic carbocycles. The van der Waals surface area contributed by atoms with Gasteiger partial charge >= 0.3 is 0 Å². The number of fused-ring (bicyclic) bond motifs is 5. The Morgan fingerprint density at radius 3 is 2.51 bits per heavy atom. The molecule has 3 aliphatic rings. The molecule has 2 fully saturated rings. The Bertz CT molecular complexity index is 2650. The molecule has 19 heteroatoms. The number of imidazole rings is 1. The maximum atomic E-state index is 13.3. The number of pyridine rings is 1. The molecule has 316 valence electrons. The van der Waals surface area contributed by atoms with Crippen LogP contribution < -0.4 is 20.1 Å². The van der Waals surface area contributed by atoms with Gasteiger partial charge in [0.25, 0.3) is 6.01 Å². The highest BCUT2D eigenvalue weighted by molar-refractivity contribution is 7.15. The van der Waals surface area contributed by atoms with Crippen molar-refractivity contribution in [2.45, 2.75) is 64.1 Å².